The summed E-state index contributed by atoms with van der Waals surface area (Å²) in [5.74, 6) is -0.481. The fourth-order valence-electron chi connectivity index (χ4n) is 6.16. The van der Waals surface area contributed by atoms with Gasteiger partial charge in [0.15, 0.2) is 24.8 Å². The Bertz CT molecular complexity index is 2310. The van der Waals surface area contributed by atoms with Gasteiger partial charge in [0.1, 0.15) is 13.1 Å². The number of rotatable bonds is 10. The maximum Gasteiger partial charge on any atom is 0.255 e. The Balaban J connectivity index is 0.931. The topological polar surface area (TPSA) is 66.0 Å². The van der Waals surface area contributed by atoms with Crippen molar-refractivity contribution < 1.29 is 18.7 Å². The van der Waals surface area contributed by atoms with Crippen LogP contribution in [-0.2, 0) is 13.1 Å². The molecule has 0 spiro atoms. The Morgan fingerprint density at radius 1 is 0.404 bits per heavy atom. The standard InChI is InChI=1S/C46H38N4O2/c1-3-49-29-5-7-41(31-49)37-15-13-34(14-16-37)33-9-11-35(12-10-33)36-21-25-43(26-22-36)47-45(51)39-17-19-40(20-18-39)46(52)48-44-27-23-38(24-28-44)42-8-6-30-50(4-2)32-42/h5-32H,3-4H2,1-2H3/p+2. The number of amides is 2. The van der Waals surface area contributed by atoms with Gasteiger partial charge < -0.3 is 10.6 Å². The number of aryl methyl sites for hydroxylation is 2. The molecule has 0 aliphatic rings. The van der Waals surface area contributed by atoms with Gasteiger partial charge in [0, 0.05) is 45.8 Å². The molecule has 6 nitrogen and oxygen atoms in total. The molecule has 0 saturated heterocycles. The molecule has 7 rings (SSSR count). The van der Waals surface area contributed by atoms with Gasteiger partial charge in [-0.05, 0) is 108 Å². The Kier molecular flexibility index (Phi) is 10.1. The van der Waals surface area contributed by atoms with Crippen LogP contribution >= 0.6 is 0 Å². The molecular weight excluding hydrogens is 641 g/mol. The fraction of sp³-hybridized carbons (Fsp3) is 0.0870. The van der Waals surface area contributed by atoms with Crippen molar-refractivity contribution in [1.82, 2.24) is 0 Å². The van der Waals surface area contributed by atoms with E-state index in [4.69, 9.17) is 0 Å². The molecule has 0 fully saturated rings. The molecule has 0 bridgehead atoms. The zero-order valence-corrected chi connectivity index (χ0v) is 29.3. The SMILES string of the molecule is CC[n+]1cccc(-c2ccc(NC(=O)c3ccc(C(=O)Nc4ccc(-c5ccc(-c6ccc(-c7ccc[n+](CC)c7)cc6)cc5)cc4)cc3)cc2)c1. The van der Waals surface area contributed by atoms with Crippen LogP contribution in [0.1, 0.15) is 34.6 Å². The summed E-state index contributed by atoms with van der Waals surface area (Å²) in [5, 5.41) is 5.91. The minimum atomic E-state index is -0.243. The Hall–Kier alpha value is -6.66. The third kappa shape index (κ3) is 7.87. The van der Waals surface area contributed by atoms with Crippen molar-refractivity contribution in [2.45, 2.75) is 26.9 Å². The summed E-state index contributed by atoms with van der Waals surface area (Å²) < 4.78 is 4.30. The first kappa shape index (κ1) is 33.8. The summed E-state index contributed by atoms with van der Waals surface area (Å²) >= 11 is 0. The van der Waals surface area contributed by atoms with Crippen LogP contribution in [0.25, 0.3) is 44.5 Å². The molecule has 2 heterocycles. The van der Waals surface area contributed by atoms with E-state index in [1.165, 1.54) is 16.7 Å². The highest BCUT2D eigenvalue weighted by atomic mass is 16.2. The molecule has 2 amide bonds. The van der Waals surface area contributed by atoms with Crippen LogP contribution in [0.4, 0.5) is 11.4 Å². The summed E-state index contributed by atoms with van der Waals surface area (Å²) in [4.78, 5) is 25.9. The number of nitrogens with zero attached hydrogens (tertiary/aromatic N) is 2. The number of hydrogen-bond donors (Lipinski definition) is 2. The van der Waals surface area contributed by atoms with Crippen molar-refractivity contribution in [3.05, 3.63) is 182 Å². The largest absolute Gasteiger partial charge is 0.322 e. The first-order valence-electron chi connectivity index (χ1n) is 17.6. The van der Waals surface area contributed by atoms with E-state index in [9.17, 15) is 9.59 Å². The van der Waals surface area contributed by atoms with Gasteiger partial charge in [-0.1, -0.05) is 72.8 Å². The number of carbonyl (C=O) groups is 2. The summed E-state index contributed by atoms with van der Waals surface area (Å²) in [6.45, 7) is 6.09. The van der Waals surface area contributed by atoms with Crippen LogP contribution in [0.2, 0.25) is 0 Å². The van der Waals surface area contributed by atoms with E-state index in [1.807, 2.05) is 60.8 Å². The molecule has 254 valence electrons. The molecule has 7 aromatic rings. The summed E-state index contributed by atoms with van der Waals surface area (Å²) in [6, 6.07) is 47.8. The molecule has 0 unspecified atom stereocenters. The lowest BCUT2D eigenvalue weighted by molar-refractivity contribution is -0.693. The van der Waals surface area contributed by atoms with Crippen molar-refractivity contribution in [3.63, 3.8) is 0 Å². The first-order valence-corrected chi connectivity index (χ1v) is 17.6. The zero-order chi connectivity index (χ0) is 35.9. The van der Waals surface area contributed by atoms with E-state index in [0.29, 0.717) is 22.5 Å². The number of anilines is 2. The first-order chi connectivity index (χ1) is 25.4. The lowest BCUT2D eigenvalue weighted by Crippen LogP contribution is -2.30. The van der Waals surface area contributed by atoms with Crippen LogP contribution in [0.15, 0.2) is 170 Å². The molecule has 2 aromatic heterocycles. The molecule has 6 heteroatoms. The van der Waals surface area contributed by atoms with Crippen LogP contribution in [0, 0.1) is 0 Å². The van der Waals surface area contributed by atoms with Crippen LogP contribution < -0.4 is 19.8 Å². The minimum Gasteiger partial charge on any atom is -0.322 e. The van der Waals surface area contributed by atoms with Crippen molar-refractivity contribution >= 4 is 23.2 Å². The van der Waals surface area contributed by atoms with E-state index < -0.39 is 0 Å². The zero-order valence-electron chi connectivity index (χ0n) is 29.3. The van der Waals surface area contributed by atoms with Crippen molar-refractivity contribution in [2.75, 3.05) is 10.6 Å². The number of benzene rings is 5. The molecule has 5 aromatic carbocycles. The fourth-order valence-corrected chi connectivity index (χ4v) is 6.16. The van der Waals surface area contributed by atoms with Crippen molar-refractivity contribution in [2.24, 2.45) is 0 Å². The van der Waals surface area contributed by atoms with E-state index in [1.54, 1.807) is 24.3 Å². The number of carbonyl (C=O) groups excluding carboxylic acids is 2. The van der Waals surface area contributed by atoms with E-state index in [0.717, 1.165) is 40.9 Å². The van der Waals surface area contributed by atoms with Gasteiger partial charge in [-0.2, -0.15) is 0 Å². The molecule has 52 heavy (non-hydrogen) atoms. The average Bonchev–Trinajstić information content (AvgIpc) is 3.21. The van der Waals surface area contributed by atoms with Gasteiger partial charge in [-0.25, -0.2) is 9.13 Å². The average molecular weight is 681 g/mol. The minimum absolute atomic E-state index is 0.238. The molecule has 0 aliphatic heterocycles. The summed E-state index contributed by atoms with van der Waals surface area (Å²) in [5.41, 5.74) is 11.4. The molecule has 0 saturated carbocycles. The van der Waals surface area contributed by atoms with Gasteiger partial charge in [0.25, 0.3) is 11.8 Å². The highest BCUT2D eigenvalue weighted by molar-refractivity contribution is 6.07. The predicted octanol–water partition coefficient (Wildman–Crippen LogP) is 9.47. The van der Waals surface area contributed by atoms with Gasteiger partial charge in [0.05, 0.1) is 0 Å². The van der Waals surface area contributed by atoms with Gasteiger partial charge in [0.2, 0.25) is 0 Å². The quantitative estimate of drug-likeness (QED) is 0.141. The highest BCUT2D eigenvalue weighted by Gasteiger charge is 2.12. The molecule has 0 aliphatic carbocycles. The third-order valence-electron chi connectivity index (χ3n) is 9.24. The number of hydrogen-bond acceptors (Lipinski definition) is 2. The van der Waals surface area contributed by atoms with Crippen molar-refractivity contribution in [1.29, 1.82) is 0 Å². The van der Waals surface area contributed by atoms with Crippen molar-refractivity contribution in [3.8, 4) is 44.5 Å². The van der Waals surface area contributed by atoms with E-state index >= 15 is 0 Å². The molecule has 2 N–H and O–H groups in total. The Morgan fingerprint density at radius 3 is 1.00 bits per heavy atom. The number of aromatic nitrogens is 2. The van der Waals surface area contributed by atoms with Gasteiger partial charge in [-0.15, -0.1) is 0 Å². The van der Waals surface area contributed by atoms with Crippen LogP contribution in [0.3, 0.4) is 0 Å². The molecule has 0 radical (unpaired) electrons. The summed E-state index contributed by atoms with van der Waals surface area (Å²) in [6.07, 6.45) is 8.41. The predicted molar refractivity (Wildman–Crippen MR) is 209 cm³/mol. The molecular formula is C46H40N4O2+2. The second-order valence-corrected chi connectivity index (χ2v) is 12.6. The monoisotopic (exact) mass is 680 g/mol. The second-order valence-electron chi connectivity index (χ2n) is 12.6. The lowest BCUT2D eigenvalue weighted by Gasteiger charge is -2.09. The normalized spacial score (nSPS) is 10.8. The maximum atomic E-state index is 13.0. The highest BCUT2D eigenvalue weighted by Crippen LogP contribution is 2.28. The van der Waals surface area contributed by atoms with Gasteiger partial charge >= 0.3 is 0 Å². The number of pyridine rings is 2. The van der Waals surface area contributed by atoms with E-state index in [-0.39, 0.29) is 11.8 Å². The maximum absolute atomic E-state index is 13.0. The Labute approximate surface area is 304 Å². The van der Waals surface area contributed by atoms with Crippen LogP contribution in [-0.4, -0.2) is 11.8 Å². The number of nitrogens with one attached hydrogen (secondary N) is 2. The smallest absolute Gasteiger partial charge is 0.255 e. The molecule has 0 atom stereocenters. The summed E-state index contributed by atoms with van der Waals surface area (Å²) in [7, 11) is 0. The van der Waals surface area contributed by atoms with Gasteiger partial charge in [-0.3, -0.25) is 9.59 Å². The third-order valence-corrected chi connectivity index (χ3v) is 9.24. The second kappa shape index (κ2) is 15.5. The Morgan fingerprint density at radius 2 is 0.692 bits per heavy atom. The van der Waals surface area contributed by atoms with E-state index in [2.05, 4.69) is 119 Å². The lowest BCUT2D eigenvalue weighted by atomic mass is 9.98. The van der Waals surface area contributed by atoms with Crippen LogP contribution in [0.5, 0.6) is 0 Å².